The Kier molecular flexibility index (Phi) is 7.35. The minimum atomic E-state index is -3.92. The predicted molar refractivity (Wildman–Crippen MR) is 134 cm³/mol. The van der Waals surface area contributed by atoms with Crippen molar-refractivity contribution in [2.24, 2.45) is 0 Å². The number of aryl methyl sites for hydroxylation is 4. The van der Waals surface area contributed by atoms with E-state index in [-0.39, 0.29) is 16.1 Å². The normalized spacial score (nSPS) is 11.5. The highest BCUT2D eigenvalue weighted by molar-refractivity contribution is 7.92. The van der Waals surface area contributed by atoms with Crippen molar-refractivity contribution in [3.8, 4) is 0 Å². The van der Waals surface area contributed by atoms with Crippen LogP contribution in [0.2, 0.25) is 0 Å². The van der Waals surface area contributed by atoms with Crippen molar-refractivity contribution in [2.75, 3.05) is 23.2 Å². The Hall–Kier alpha value is -3.33. The molecule has 0 atom stereocenters. The molecule has 0 saturated carbocycles. The Morgan fingerprint density at radius 1 is 1.12 bits per heavy atom. The summed E-state index contributed by atoms with van der Waals surface area (Å²) in [5.41, 5.74) is 5.66. The molecule has 1 aromatic heterocycles. The van der Waals surface area contributed by atoms with Crippen LogP contribution in [0, 0.1) is 27.7 Å². The summed E-state index contributed by atoms with van der Waals surface area (Å²) >= 11 is 0. The van der Waals surface area contributed by atoms with Gasteiger partial charge in [0.25, 0.3) is 10.0 Å². The number of aromatic carboxylic acids is 1. The monoisotopic (exact) mass is 484 g/mol. The molecule has 34 heavy (non-hydrogen) atoms. The molecule has 0 aliphatic heterocycles. The number of carboxylic acid groups (broad SMARTS) is 1. The molecule has 0 bridgehead atoms. The molecule has 0 saturated heterocycles. The molecule has 182 valence electrons. The van der Waals surface area contributed by atoms with Crippen LogP contribution in [0.25, 0.3) is 0 Å². The van der Waals surface area contributed by atoms with Gasteiger partial charge >= 0.3 is 5.97 Å². The summed E-state index contributed by atoms with van der Waals surface area (Å²) in [6.07, 6.45) is 0.720. The first-order chi connectivity index (χ1) is 15.9. The number of nitrogens with one attached hydrogen (secondary N) is 1. The fourth-order valence-electron chi connectivity index (χ4n) is 4.19. The highest BCUT2D eigenvalue weighted by atomic mass is 32.2. The number of hydrogen-bond donors (Lipinski definition) is 2. The number of sulfonamides is 1. The van der Waals surface area contributed by atoms with Gasteiger partial charge in [-0.3, -0.25) is 9.40 Å². The number of likely N-dealkylation sites (N-methyl/N-ethyl adjacent to an activating group) is 1. The molecule has 0 aliphatic rings. The molecule has 0 spiro atoms. The van der Waals surface area contributed by atoms with Gasteiger partial charge in [-0.25, -0.2) is 13.2 Å². The fourth-order valence-corrected chi connectivity index (χ4v) is 5.48. The smallest absolute Gasteiger partial charge is 0.335 e. The van der Waals surface area contributed by atoms with Crippen LogP contribution in [-0.4, -0.2) is 42.9 Å². The van der Waals surface area contributed by atoms with E-state index in [1.54, 1.807) is 31.2 Å². The number of carbonyl (C=O) groups is 1. The number of carboxylic acids is 1. The molecule has 8 nitrogen and oxygen atoms in total. The zero-order chi connectivity index (χ0) is 25.2. The van der Waals surface area contributed by atoms with Gasteiger partial charge in [0.1, 0.15) is 0 Å². The fraction of sp³-hybridized carbons (Fsp3) is 0.360. The van der Waals surface area contributed by atoms with Crippen molar-refractivity contribution in [1.82, 2.24) is 9.78 Å². The number of benzene rings is 2. The zero-order valence-corrected chi connectivity index (χ0v) is 21.3. The van der Waals surface area contributed by atoms with E-state index in [1.807, 2.05) is 44.3 Å². The van der Waals surface area contributed by atoms with Crippen LogP contribution in [0.4, 0.5) is 11.4 Å². The Bertz CT molecular complexity index is 1330. The molecule has 0 radical (unpaired) electrons. The van der Waals surface area contributed by atoms with Crippen LogP contribution in [0.15, 0.2) is 41.3 Å². The third kappa shape index (κ3) is 5.25. The molecule has 9 heteroatoms. The first kappa shape index (κ1) is 25.3. The van der Waals surface area contributed by atoms with Gasteiger partial charge in [-0.05, 0) is 76.4 Å². The van der Waals surface area contributed by atoms with Crippen molar-refractivity contribution in [1.29, 1.82) is 0 Å². The van der Waals surface area contributed by atoms with Crippen molar-refractivity contribution in [3.05, 3.63) is 70.0 Å². The summed E-state index contributed by atoms with van der Waals surface area (Å²) in [6, 6.07) is 9.59. The first-order valence-corrected chi connectivity index (χ1v) is 12.6. The van der Waals surface area contributed by atoms with Crippen LogP contribution in [-0.2, 0) is 23.0 Å². The summed E-state index contributed by atoms with van der Waals surface area (Å²) in [5, 5.41) is 14.0. The van der Waals surface area contributed by atoms with Gasteiger partial charge in [-0.1, -0.05) is 17.7 Å². The molecule has 0 amide bonds. The highest BCUT2D eigenvalue weighted by Gasteiger charge is 2.21. The quantitative estimate of drug-likeness (QED) is 0.469. The van der Waals surface area contributed by atoms with Crippen molar-refractivity contribution in [3.63, 3.8) is 0 Å². The molecule has 1 heterocycles. The average Bonchev–Trinajstić information content (AvgIpc) is 3.03. The highest BCUT2D eigenvalue weighted by Crippen LogP contribution is 2.30. The van der Waals surface area contributed by atoms with Crippen LogP contribution in [0.3, 0.4) is 0 Å². The number of aromatic nitrogens is 2. The Morgan fingerprint density at radius 2 is 1.82 bits per heavy atom. The molecule has 0 aliphatic carbocycles. The minimum Gasteiger partial charge on any atom is -0.478 e. The lowest BCUT2D eigenvalue weighted by atomic mass is 10.1. The lowest BCUT2D eigenvalue weighted by molar-refractivity contribution is 0.0697. The predicted octanol–water partition coefficient (Wildman–Crippen LogP) is 4.31. The van der Waals surface area contributed by atoms with E-state index in [0.717, 1.165) is 35.5 Å². The van der Waals surface area contributed by atoms with Crippen LogP contribution < -0.4 is 9.62 Å². The molecule has 0 unspecified atom stereocenters. The van der Waals surface area contributed by atoms with Crippen molar-refractivity contribution in [2.45, 2.75) is 52.5 Å². The summed E-state index contributed by atoms with van der Waals surface area (Å²) in [4.78, 5) is 13.7. The second kappa shape index (κ2) is 9.89. The zero-order valence-electron chi connectivity index (χ0n) is 20.5. The van der Waals surface area contributed by atoms with Crippen LogP contribution >= 0.6 is 0 Å². The Morgan fingerprint density at radius 3 is 2.41 bits per heavy atom. The standard InChI is InChI=1S/C25H32N4O4S/c1-7-29-19(5)21(18(4)26-29)12-13-28(6)23-10-9-20(25(30)31)15-22(23)27-34(32,33)24-11-8-16(2)14-17(24)3/h8-11,14-15,27H,7,12-13H2,1-6H3,(H,30,31). The van der Waals surface area contributed by atoms with E-state index in [4.69, 9.17) is 0 Å². The average molecular weight is 485 g/mol. The number of hydrogen-bond acceptors (Lipinski definition) is 5. The van der Waals surface area contributed by atoms with Crippen LogP contribution in [0.1, 0.15) is 45.4 Å². The van der Waals surface area contributed by atoms with Gasteiger partial charge in [0.05, 0.1) is 27.5 Å². The van der Waals surface area contributed by atoms with Gasteiger partial charge in [0.15, 0.2) is 0 Å². The van der Waals surface area contributed by atoms with E-state index < -0.39 is 16.0 Å². The molecular weight excluding hydrogens is 452 g/mol. The van der Waals surface area contributed by atoms with E-state index >= 15 is 0 Å². The van der Waals surface area contributed by atoms with Crippen molar-refractivity contribution < 1.29 is 18.3 Å². The molecule has 0 fully saturated rings. The summed E-state index contributed by atoms with van der Waals surface area (Å²) in [6.45, 7) is 11.1. The number of anilines is 2. The number of rotatable bonds is 9. The van der Waals surface area contributed by atoms with E-state index in [2.05, 4.69) is 9.82 Å². The Balaban J connectivity index is 1.94. The number of nitrogens with zero attached hydrogens (tertiary/aromatic N) is 3. The Labute approximate surface area is 201 Å². The topological polar surface area (TPSA) is 105 Å². The maximum atomic E-state index is 13.2. The molecule has 3 aromatic rings. The van der Waals surface area contributed by atoms with Crippen molar-refractivity contribution >= 4 is 27.4 Å². The summed E-state index contributed by atoms with van der Waals surface area (Å²) < 4.78 is 31.0. The molecular formula is C25H32N4O4S. The molecule has 3 rings (SSSR count). The van der Waals surface area contributed by atoms with E-state index in [9.17, 15) is 18.3 Å². The second-order valence-electron chi connectivity index (χ2n) is 8.55. The van der Waals surface area contributed by atoms with E-state index in [1.165, 1.54) is 12.1 Å². The van der Waals surface area contributed by atoms with Gasteiger partial charge in [0, 0.05) is 25.8 Å². The van der Waals surface area contributed by atoms with Gasteiger partial charge in [-0.2, -0.15) is 5.10 Å². The van der Waals surface area contributed by atoms with Gasteiger partial charge < -0.3 is 10.0 Å². The van der Waals surface area contributed by atoms with E-state index in [0.29, 0.717) is 17.8 Å². The SMILES string of the molecule is CCn1nc(C)c(CCN(C)c2ccc(C(=O)O)cc2NS(=O)(=O)c2ccc(C)cc2C)c1C. The summed E-state index contributed by atoms with van der Waals surface area (Å²) in [7, 11) is -2.06. The second-order valence-corrected chi connectivity index (χ2v) is 10.2. The van der Waals surface area contributed by atoms with Gasteiger partial charge in [0.2, 0.25) is 0 Å². The first-order valence-electron chi connectivity index (χ1n) is 11.2. The molecule has 2 N–H and O–H groups in total. The minimum absolute atomic E-state index is 0.00592. The maximum Gasteiger partial charge on any atom is 0.335 e. The summed E-state index contributed by atoms with van der Waals surface area (Å²) in [5.74, 6) is -1.13. The third-order valence-corrected chi connectivity index (χ3v) is 7.57. The van der Waals surface area contributed by atoms with Crippen LogP contribution in [0.5, 0.6) is 0 Å². The largest absolute Gasteiger partial charge is 0.478 e. The molecule has 2 aromatic carbocycles. The lowest BCUT2D eigenvalue weighted by Crippen LogP contribution is -2.24. The lowest BCUT2D eigenvalue weighted by Gasteiger charge is -2.24. The van der Waals surface area contributed by atoms with Gasteiger partial charge in [-0.15, -0.1) is 0 Å². The maximum absolute atomic E-state index is 13.2. The third-order valence-electron chi connectivity index (χ3n) is 6.05.